The van der Waals surface area contributed by atoms with Crippen LogP contribution in [-0.2, 0) is 16.4 Å². The van der Waals surface area contributed by atoms with Crippen molar-refractivity contribution in [3.8, 4) is 5.75 Å². The minimum absolute atomic E-state index is 0.150. The molecule has 8 heteroatoms. The lowest BCUT2D eigenvalue weighted by Gasteiger charge is -2.06. The molecule has 0 atom stereocenters. The minimum atomic E-state index is -3.56. The fourth-order valence-electron chi connectivity index (χ4n) is 1.73. The quantitative estimate of drug-likeness (QED) is 0.833. The van der Waals surface area contributed by atoms with E-state index in [-0.39, 0.29) is 17.4 Å². The fraction of sp³-hybridized carbons (Fsp3) is 0.429. The van der Waals surface area contributed by atoms with Gasteiger partial charge in [0.05, 0.1) is 12.0 Å². The Morgan fingerprint density at radius 2 is 1.91 bits per heavy atom. The zero-order chi connectivity index (χ0) is 16.2. The molecule has 7 nitrogen and oxygen atoms in total. The van der Waals surface area contributed by atoms with Crippen molar-refractivity contribution in [2.24, 2.45) is 0 Å². The zero-order valence-corrected chi connectivity index (χ0v) is 13.6. The van der Waals surface area contributed by atoms with Crippen LogP contribution in [0.5, 0.6) is 5.75 Å². The van der Waals surface area contributed by atoms with Gasteiger partial charge in [-0.05, 0) is 24.3 Å². The van der Waals surface area contributed by atoms with Crippen LogP contribution in [0.15, 0.2) is 33.6 Å². The highest BCUT2D eigenvalue weighted by atomic mass is 32.2. The number of hydrogen-bond acceptors (Lipinski definition) is 6. The van der Waals surface area contributed by atoms with E-state index in [1.165, 1.54) is 19.2 Å². The van der Waals surface area contributed by atoms with Gasteiger partial charge in [-0.1, -0.05) is 13.8 Å². The third kappa shape index (κ3) is 4.05. The van der Waals surface area contributed by atoms with Crippen LogP contribution in [-0.4, -0.2) is 32.3 Å². The van der Waals surface area contributed by atoms with E-state index < -0.39 is 10.0 Å². The number of hydrogen-bond donors (Lipinski definition) is 1. The molecular formula is C14H19N3O4S. The molecule has 0 bridgehead atoms. The first-order valence-corrected chi connectivity index (χ1v) is 8.36. The molecule has 0 amide bonds. The summed E-state index contributed by atoms with van der Waals surface area (Å²) in [7, 11) is -2.03. The molecule has 1 N–H and O–H groups in total. The van der Waals surface area contributed by atoms with Gasteiger partial charge in [0.1, 0.15) is 5.75 Å². The second-order valence-electron chi connectivity index (χ2n) is 5.01. The standard InChI is InChI=1S/C14H19N3O4S/c1-10(2)14-17-16-13(21-14)8-9-15-22(18,19)12-6-4-11(20-3)5-7-12/h4-7,10,15H,8-9H2,1-3H3. The third-order valence-corrected chi connectivity index (χ3v) is 4.45. The van der Waals surface area contributed by atoms with Gasteiger partial charge in [-0.2, -0.15) is 0 Å². The van der Waals surface area contributed by atoms with Gasteiger partial charge in [0.2, 0.25) is 21.8 Å². The van der Waals surface area contributed by atoms with Gasteiger partial charge < -0.3 is 9.15 Å². The van der Waals surface area contributed by atoms with Crippen molar-refractivity contribution in [1.29, 1.82) is 0 Å². The maximum Gasteiger partial charge on any atom is 0.240 e. The molecule has 0 aliphatic heterocycles. The maximum absolute atomic E-state index is 12.1. The van der Waals surface area contributed by atoms with Crippen molar-refractivity contribution in [2.75, 3.05) is 13.7 Å². The van der Waals surface area contributed by atoms with Gasteiger partial charge in [-0.25, -0.2) is 13.1 Å². The highest BCUT2D eigenvalue weighted by Gasteiger charge is 2.15. The van der Waals surface area contributed by atoms with Crippen molar-refractivity contribution in [3.63, 3.8) is 0 Å². The zero-order valence-electron chi connectivity index (χ0n) is 12.7. The number of benzene rings is 1. The molecule has 0 fully saturated rings. The number of nitrogens with zero attached hydrogens (tertiary/aromatic N) is 2. The summed E-state index contributed by atoms with van der Waals surface area (Å²) in [6.07, 6.45) is 0.342. The number of rotatable bonds is 7. The van der Waals surface area contributed by atoms with Crippen LogP contribution in [0, 0.1) is 0 Å². The van der Waals surface area contributed by atoms with Crippen LogP contribution in [0.2, 0.25) is 0 Å². The topological polar surface area (TPSA) is 94.3 Å². The highest BCUT2D eigenvalue weighted by Crippen LogP contribution is 2.15. The lowest BCUT2D eigenvalue weighted by Crippen LogP contribution is -2.26. The summed E-state index contributed by atoms with van der Waals surface area (Å²) in [5.41, 5.74) is 0. The smallest absolute Gasteiger partial charge is 0.240 e. The van der Waals surface area contributed by atoms with Crippen molar-refractivity contribution < 1.29 is 17.6 Å². The maximum atomic E-state index is 12.1. The van der Waals surface area contributed by atoms with Crippen molar-refractivity contribution in [1.82, 2.24) is 14.9 Å². The van der Waals surface area contributed by atoms with Crippen LogP contribution in [0.25, 0.3) is 0 Å². The van der Waals surface area contributed by atoms with E-state index in [1.807, 2.05) is 13.8 Å². The first-order valence-electron chi connectivity index (χ1n) is 6.88. The van der Waals surface area contributed by atoms with E-state index in [9.17, 15) is 8.42 Å². The van der Waals surface area contributed by atoms with Gasteiger partial charge in [-0.3, -0.25) is 0 Å². The normalized spacial score (nSPS) is 11.8. The summed E-state index contributed by atoms with van der Waals surface area (Å²) in [6.45, 7) is 4.08. The molecular weight excluding hydrogens is 306 g/mol. The number of nitrogens with one attached hydrogen (secondary N) is 1. The molecule has 0 aliphatic carbocycles. The predicted octanol–water partition coefficient (Wildman–Crippen LogP) is 1.72. The van der Waals surface area contributed by atoms with E-state index in [0.29, 0.717) is 24.0 Å². The molecule has 120 valence electrons. The molecule has 0 saturated carbocycles. The van der Waals surface area contributed by atoms with Gasteiger partial charge in [0.15, 0.2) is 0 Å². The van der Waals surface area contributed by atoms with Crippen LogP contribution >= 0.6 is 0 Å². The first-order chi connectivity index (χ1) is 10.4. The van der Waals surface area contributed by atoms with Gasteiger partial charge >= 0.3 is 0 Å². The average molecular weight is 325 g/mol. The number of sulfonamides is 1. The molecule has 1 aromatic heterocycles. The summed E-state index contributed by atoms with van der Waals surface area (Å²) in [5, 5.41) is 7.78. The predicted molar refractivity (Wildman–Crippen MR) is 80.3 cm³/mol. The molecule has 0 saturated heterocycles. The first kappa shape index (κ1) is 16.4. The summed E-state index contributed by atoms with van der Waals surface area (Å²) in [4.78, 5) is 0.182. The Bertz CT molecular complexity index is 708. The van der Waals surface area contributed by atoms with Gasteiger partial charge in [0.25, 0.3) is 0 Å². The van der Waals surface area contributed by atoms with Crippen molar-refractivity contribution in [2.45, 2.75) is 31.1 Å². The molecule has 0 aliphatic rings. The monoisotopic (exact) mass is 325 g/mol. The molecule has 0 radical (unpaired) electrons. The summed E-state index contributed by atoms with van der Waals surface area (Å²) in [6, 6.07) is 6.18. The molecule has 22 heavy (non-hydrogen) atoms. The Kier molecular flexibility index (Phi) is 5.15. The molecule has 1 heterocycles. The number of aromatic nitrogens is 2. The molecule has 2 rings (SSSR count). The molecule has 2 aromatic rings. The largest absolute Gasteiger partial charge is 0.497 e. The second kappa shape index (κ2) is 6.89. The lowest BCUT2D eigenvalue weighted by atomic mass is 10.2. The molecule has 0 spiro atoms. The van der Waals surface area contributed by atoms with Crippen LogP contribution in [0.3, 0.4) is 0 Å². The molecule has 1 aromatic carbocycles. The van der Waals surface area contributed by atoms with E-state index in [0.717, 1.165) is 0 Å². The number of ether oxygens (including phenoxy) is 1. The summed E-state index contributed by atoms with van der Waals surface area (Å²) < 4.78 is 37.2. The fourth-order valence-corrected chi connectivity index (χ4v) is 2.76. The highest BCUT2D eigenvalue weighted by molar-refractivity contribution is 7.89. The lowest BCUT2D eigenvalue weighted by molar-refractivity contribution is 0.414. The van der Waals surface area contributed by atoms with Gasteiger partial charge in [0, 0.05) is 18.9 Å². The van der Waals surface area contributed by atoms with Crippen LogP contribution in [0.1, 0.15) is 31.5 Å². The van der Waals surface area contributed by atoms with Crippen molar-refractivity contribution in [3.05, 3.63) is 36.0 Å². The van der Waals surface area contributed by atoms with E-state index in [2.05, 4.69) is 14.9 Å². The van der Waals surface area contributed by atoms with Crippen LogP contribution in [0.4, 0.5) is 0 Å². The minimum Gasteiger partial charge on any atom is -0.497 e. The Morgan fingerprint density at radius 3 is 2.45 bits per heavy atom. The Labute approximate surface area is 129 Å². The van der Waals surface area contributed by atoms with Crippen LogP contribution < -0.4 is 9.46 Å². The second-order valence-corrected chi connectivity index (χ2v) is 6.78. The Morgan fingerprint density at radius 1 is 1.23 bits per heavy atom. The van der Waals surface area contributed by atoms with Gasteiger partial charge in [-0.15, -0.1) is 10.2 Å². The Hall–Kier alpha value is -1.93. The SMILES string of the molecule is COc1ccc(S(=O)(=O)NCCc2nnc(C(C)C)o2)cc1. The van der Waals surface area contributed by atoms with E-state index in [1.54, 1.807) is 12.1 Å². The molecule has 0 unspecified atom stereocenters. The van der Waals surface area contributed by atoms with Crippen molar-refractivity contribution >= 4 is 10.0 Å². The number of methoxy groups -OCH3 is 1. The third-order valence-electron chi connectivity index (χ3n) is 2.98. The average Bonchev–Trinajstić information content (AvgIpc) is 2.96. The van der Waals surface area contributed by atoms with E-state index in [4.69, 9.17) is 9.15 Å². The Balaban J connectivity index is 1.94. The summed E-state index contributed by atoms with van der Waals surface area (Å²) in [5.74, 6) is 1.72. The summed E-state index contributed by atoms with van der Waals surface area (Å²) >= 11 is 0. The van der Waals surface area contributed by atoms with E-state index >= 15 is 0 Å².